The molecule has 0 aliphatic carbocycles. The summed E-state index contributed by atoms with van der Waals surface area (Å²) in [6.07, 6.45) is 3.76. The average molecular weight is 326 g/mol. The van der Waals surface area contributed by atoms with Crippen molar-refractivity contribution in [2.24, 2.45) is 0 Å². The fourth-order valence-corrected chi connectivity index (χ4v) is 3.62. The number of hydrogen-bond donors (Lipinski definition) is 0. The van der Waals surface area contributed by atoms with Gasteiger partial charge in [-0.1, -0.05) is 36.8 Å². The summed E-state index contributed by atoms with van der Waals surface area (Å²) in [6.45, 7) is 3.95. The largest absolute Gasteiger partial charge is 0.338 e. The van der Waals surface area contributed by atoms with Crippen molar-refractivity contribution in [3.8, 4) is 11.4 Å². The van der Waals surface area contributed by atoms with Crippen LogP contribution in [0.25, 0.3) is 11.4 Å². The average Bonchev–Trinajstić information content (AvgIpc) is 3.10. The quantitative estimate of drug-likeness (QED) is 0.843. The van der Waals surface area contributed by atoms with Crippen molar-refractivity contribution in [2.75, 3.05) is 26.2 Å². The van der Waals surface area contributed by atoms with E-state index in [0.717, 1.165) is 25.2 Å². The first-order valence-corrected chi connectivity index (χ1v) is 8.65. The van der Waals surface area contributed by atoms with E-state index >= 15 is 0 Å². The molecule has 7 nitrogen and oxygen atoms in total. The highest BCUT2D eigenvalue weighted by Gasteiger charge is 2.31. The molecule has 1 aromatic carbocycles. The molecule has 1 atom stereocenters. The monoisotopic (exact) mass is 326 g/mol. The van der Waals surface area contributed by atoms with Crippen LogP contribution >= 0.6 is 0 Å². The Morgan fingerprint density at radius 2 is 2.00 bits per heavy atom. The topological polar surface area (TPSA) is 67.2 Å². The molecule has 24 heavy (non-hydrogen) atoms. The highest BCUT2D eigenvalue weighted by Crippen LogP contribution is 2.21. The third-order valence-corrected chi connectivity index (χ3v) is 4.95. The van der Waals surface area contributed by atoms with E-state index in [4.69, 9.17) is 0 Å². The summed E-state index contributed by atoms with van der Waals surface area (Å²) < 4.78 is 0. The highest BCUT2D eigenvalue weighted by molar-refractivity contribution is 5.76. The number of carbonyl (C=O) groups excluding carboxylic acids is 1. The van der Waals surface area contributed by atoms with Crippen LogP contribution in [0.3, 0.4) is 0 Å². The molecule has 126 valence electrons. The SMILES string of the molecule is O=C(Cn1nnc(-c2ccccc2)n1)N1CCN2CCCCC2C1. The van der Waals surface area contributed by atoms with Crippen molar-refractivity contribution in [3.05, 3.63) is 30.3 Å². The normalized spacial score (nSPS) is 21.5. The zero-order valence-electron chi connectivity index (χ0n) is 13.7. The number of benzene rings is 1. The lowest BCUT2D eigenvalue weighted by molar-refractivity contribution is -0.135. The molecular formula is C17H22N6O. The van der Waals surface area contributed by atoms with Gasteiger partial charge >= 0.3 is 0 Å². The van der Waals surface area contributed by atoms with Gasteiger partial charge in [-0.2, -0.15) is 4.80 Å². The van der Waals surface area contributed by atoms with Gasteiger partial charge in [-0.15, -0.1) is 10.2 Å². The third-order valence-electron chi connectivity index (χ3n) is 4.95. The molecular weight excluding hydrogens is 304 g/mol. The van der Waals surface area contributed by atoms with Gasteiger partial charge in [-0.3, -0.25) is 9.69 Å². The molecule has 3 heterocycles. The van der Waals surface area contributed by atoms with Crippen LogP contribution in [0.5, 0.6) is 0 Å². The Balaban J connectivity index is 1.39. The zero-order valence-corrected chi connectivity index (χ0v) is 13.7. The second-order valence-corrected chi connectivity index (χ2v) is 6.53. The Morgan fingerprint density at radius 3 is 2.88 bits per heavy atom. The van der Waals surface area contributed by atoms with E-state index in [1.165, 1.54) is 30.6 Å². The van der Waals surface area contributed by atoms with Gasteiger partial charge in [-0.25, -0.2) is 0 Å². The molecule has 0 saturated carbocycles. The number of rotatable bonds is 3. The molecule has 2 aromatic rings. The number of fused-ring (bicyclic) bond motifs is 1. The van der Waals surface area contributed by atoms with Gasteiger partial charge in [0.15, 0.2) is 0 Å². The third kappa shape index (κ3) is 3.17. The maximum absolute atomic E-state index is 12.6. The minimum Gasteiger partial charge on any atom is -0.338 e. The van der Waals surface area contributed by atoms with Gasteiger partial charge < -0.3 is 4.90 Å². The number of hydrogen-bond acceptors (Lipinski definition) is 5. The Bertz CT molecular complexity index is 700. The molecule has 2 aliphatic rings. The number of aromatic nitrogens is 4. The second kappa shape index (κ2) is 6.68. The molecule has 2 saturated heterocycles. The van der Waals surface area contributed by atoms with Crippen LogP contribution in [0.2, 0.25) is 0 Å². The Hall–Kier alpha value is -2.28. The van der Waals surface area contributed by atoms with Crippen LogP contribution < -0.4 is 0 Å². The Kier molecular flexibility index (Phi) is 4.25. The number of carbonyl (C=O) groups is 1. The van der Waals surface area contributed by atoms with Crippen molar-refractivity contribution in [1.82, 2.24) is 30.0 Å². The fourth-order valence-electron chi connectivity index (χ4n) is 3.62. The molecule has 0 spiro atoms. The molecule has 0 radical (unpaired) electrons. The Morgan fingerprint density at radius 1 is 1.12 bits per heavy atom. The molecule has 2 aliphatic heterocycles. The summed E-state index contributed by atoms with van der Waals surface area (Å²) in [5.41, 5.74) is 0.909. The number of amides is 1. The minimum atomic E-state index is 0.0808. The second-order valence-electron chi connectivity index (χ2n) is 6.53. The van der Waals surface area contributed by atoms with Crippen LogP contribution in [0.15, 0.2) is 30.3 Å². The molecule has 1 unspecified atom stereocenters. The van der Waals surface area contributed by atoms with E-state index in [9.17, 15) is 4.79 Å². The number of piperazine rings is 1. The van der Waals surface area contributed by atoms with Crippen LogP contribution in [0.1, 0.15) is 19.3 Å². The predicted octanol–water partition coefficient (Wildman–Crippen LogP) is 1.04. The van der Waals surface area contributed by atoms with E-state index in [1.54, 1.807) is 0 Å². The number of nitrogens with zero attached hydrogens (tertiary/aromatic N) is 6. The molecule has 1 aromatic heterocycles. The van der Waals surface area contributed by atoms with Gasteiger partial charge in [0.25, 0.3) is 0 Å². The predicted molar refractivity (Wildman–Crippen MR) is 89.0 cm³/mol. The summed E-state index contributed by atoms with van der Waals surface area (Å²) in [4.78, 5) is 18.4. The summed E-state index contributed by atoms with van der Waals surface area (Å²) in [6, 6.07) is 10.2. The van der Waals surface area contributed by atoms with Gasteiger partial charge in [-0.05, 0) is 24.6 Å². The molecule has 2 fully saturated rings. The van der Waals surface area contributed by atoms with Gasteiger partial charge in [0.2, 0.25) is 11.7 Å². The lowest BCUT2D eigenvalue weighted by Crippen LogP contribution is -2.56. The Labute approximate surface area is 141 Å². The first-order chi connectivity index (χ1) is 11.8. The van der Waals surface area contributed by atoms with Crippen LogP contribution in [0, 0.1) is 0 Å². The van der Waals surface area contributed by atoms with Crippen molar-refractivity contribution >= 4 is 5.91 Å². The summed E-state index contributed by atoms with van der Waals surface area (Å²) >= 11 is 0. The summed E-state index contributed by atoms with van der Waals surface area (Å²) in [7, 11) is 0. The molecule has 1 amide bonds. The van der Waals surface area contributed by atoms with Gasteiger partial charge in [0, 0.05) is 31.2 Å². The molecule has 4 rings (SSSR count). The van der Waals surface area contributed by atoms with E-state index in [0.29, 0.717) is 11.9 Å². The first-order valence-electron chi connectivity index (χ1n) is 8.65. The smallest absolute Gasteiger partial charge is 0.246 e. The zero-order chi connectivity index (χ0) is 16.4. The van der Waals surface area contributed by atoms with Crippen molar-refractivity contribution in [3.63, 3.8) is 0 Å². The van der Waals surface area contributed by atoms with Crippen molar-refractivity contribution in [1.29, 1.82) is 0 Å². The summed E-state index contributed by atoms with van der Waals surface area (Å²) in [5.74, 6) is 0.637. The van der Waals surface area contributed by atoms with Crippen LogP contribution in [0.4, 0.5) is 0 Å². The highest BCUT2D eigenvalue weighted by atomic mass is 16.2. The summed E-state index contributed by atoms with van der Waals surface area (Å²) in [5, 5.41) is 12.4. The van der Waals surface area contributed by atoms with E-state index < -0.39 is 0 Å². The molecule has 0 bridgehead atoms. The number of piperidine rings is 1. The molecule has 7 heteroatoms. The van der Waals surface area contributed by atoms with Crippen molar-refractivity contribution in [2.45, 2.75) is 31.8 Å². The van der Waals surface area contributed by atoms with Crippen LogP contribution in [-0.2, 0) is 11.3 Å². The molecule has 0 N–H and O–H groups in total. The lowest BCUT2D eigenvalue weighted by atomic mass is 9.99. The number of tetrazole rings is 1. The van der Waals surface area contributed by atoms with E-state index in [1.807, 2.05) is 35.2 Å². The van der Waals surface area contributed by atoms with E-state index in [-0.39, 0.29) is 12.5 Å². The minimum absolute atomic E-state index is 0.0808. The fraction of sp³-hybridized carbons (Fsp3) is 0.529. The lowest BCUT2D eigenvalue weighted by Gasteiger charge is -2.43. The van der Waals surface area contributed by atoms with Gasteiger partial charge in [0.05, 0.1) is 0 Å². The van der Waals surface area contributed by atoms with Crippen LogP contribution in [-0.4, -0.2) is 68.1 Å². The maximum Gasteiger partial charge on any atom is 0.246 e. The standard InChI is InChI=1S/C17H22N6O/c24-16(22-11-10-21-9-5-4-8-15(21)12-22)13-23-19-17(18-20-23)14-6-2-1-3-7-14/h1-3,6-7,15H,4-5,8-13H2. The maximum atomic E-state index is 12.6. The van der Waals surface area contributed by atoms with Gasteiger partial charge in [0.1, 0.15) is 6.54 Å². The van der Waals surface area contributed by atoms with E-state index in [2.05, 4.69) is 20.3 Å². The van der Waals surface area contributed by atoms with Crippen molar-refractivity contribution < 1.29 is 4.79 Å². The first kappa shape index (κ1) is 15.3.